The lowest BCUT2D eigenvalue weighted by atomic mass is 10.3. The van der Waals surface area contributed by atoms with Gasteiger partial charge in [-0.3, -0.25) is 14.8 Å². The highest BCUT2D eigenvalue weighted by Crippen LogP contribution is 2.21. The summed E-state index contributed by atoms with van der Waals surface area (Å²) in [5.74, 6) is 12.7. The van der Waals surface area contributed by atoms with E-state index in [4.69, 9.17) is 35.5 Å². The number of nitrogens with two attached hydrogens (primary N) is 2. The SMILES string of the molecule is Nn1c(-c2cccnc2)n[nH]c1=S.Nn1c(SCC(=O)Nc2ccc(Cl)cc2)nnc1-c1cccnc1. The molecule has 0 saturated heterocycles. The molecule has 0 atom stereocenters. The van der Waals surface area contributed by atoms with Crippen molar-refractivity contribution < 1.29 is 4.79 Å². The molecule has 0 radical (unpaired) electrons. The molecule has 5 rings (SSSR count). The maximum Gasteiger partial charge on any atom is 0.234 e. The first-order valence-electron chi connectivity index (χ1n) is 10.5. The van der Waals surface area contributed by atoms with Crippen LogP contribution in [0.2, 0.25) is 5.02 Å². The number of benzene rings is 1. The fourth-order valence-corrected chi connectivity index (χ4v) is 3.85. The number of pyridine rings is 2. The van der Waals surface area contributed by atoms with Crippen LogP contribution in [0, 0.1) is 4.77 Å². The van der Waals surface area contributed by atoms with E-state index in [9.17, 15) is 4.79 Å². The monoisotopic (exact) mass is 553 g/mol. The number of nitrogens with one attached hydrogen (secondary N) is 2. The van der Waals surface area contributed by atoms with Crippen LogP contribution in [-0.4, -0.2) is 51.4 Å². The third-order valence-corrected chi connectivity index (χ3v) is 6.15. The largest absolute Gasteiger partial charge is 0.335 e. The highest BCUT2D eigenvalue weighted by atomic mass is 35.5. The Hall–Kier alpha value is -4.27. The van der Waals surface area contributed by atoms with Crippen LogP contribution in [0.4, 0.5) is 5.69 Å². The molecule has 5 aromatic rings. The van der Waals surface area contributed by atoms with Crippen LogP contribution in [0.15, 0.2) is 78.5 Å². The van der Waals surface area contributed by atoms with Gasteiger partial charge in [0.15, 0.2) is 11.6 Å². The van der Waals surface area contributed by atoms with Gasteiger partial charge in [-0.05, 0) is 60.7 Å². The summed E-state index contributed by atoms with van der Waals surface area (Å²) in [6.45, 7) is 0. The van der Waals surface area contributed by atoms with E-state index in [0.717, 1.165) is 11.1 Å². The van der Waals surface area contributed by atoms with Crippen molar-refractivity contribution in [3.05, 3.63) is 83.1 Å². The molecular formula is C22H20ClN11OS2. The van der Waals surface area contributed by atoms with Crippen molar-refractivity contribution in [2.45, 2.75) is 5.16 Å². The van der Waals surface area contributed by atoms with Crippen LogP contribution in [0.1, 0.15) is 0 Å². The van der Waals surface area contributed by atoms with Crippen LogP contribution in [0.3, 0.4) is 0 Å². The van der Waals surface area contributed by atoms with Crippen molar-refractivity contribution >= 4 is 47.2 Å². The summed E-state index contributed by atoms with van der Waals surface area (Å²) < 4.78 is 3.04. The number of H-pyrrole nitrogens is 1. The van der Waals surface area contributed by atoms with E-state index in [1.54, 1.807) is 55.1 Å². The highest BCUT2D eigenvalue weighted by molar-refractivity contribution is 7.99. The predicted octanol–water partition coefficient (Wildman–Crippen LogP) is 3.15. The molecule has 0 unspecified atom stereocenters. The standard InChI is InChI=1S/C15H13ClN6OS.C7H7N5S/c16-11-3-5-12(6-4-11)19-13(23)9-24-15-21-20-14(22(15)17)10-2-1-7-18-8-10;8-12-6(10-11-7(12)13)5-2-1-3-9-4-5/h1-8H,9,17H2,(H,19,23);1-4H,8H2,(H,11,13). The van der Waals surface area contributed by atoms with Crippen LogP contribution in [0.25, 0.3) is 22.8 Å². The van der Waals surface area contributed by atoms with E-state index in [1.807, 2.05) is 18.2 Å². The van der Waals surface area contributed by atoms with Crippen LogP contribution >= 0.6 is 35.6 Å². The van der Waals surface area contributed by atoms with Crippen molar-refractivity contribution in [1.82, 2.24) is 39.7 Å². The lowest BCUT2D eigenvalue weighted by molar-refractivity contribution is -0.113. The Labute approximate surface area is 225 Å². The van der Waals surface area contributed by atoms with Gasteiger partial charge >= 0.3 is 0 Å². The molecule has 0 bridgehead atoms. The Bertz CT molecular complexity index is 1520. The topological polar surface area (TPSA) is 171 Å². The predicted molar refractivity (Wildman–Crippen MR) is 145 cm³/mol. The number of nitrogens with zero attached hydrogens (tertiary/aromatic N) is 7. The van der Waals surface area contributed by atoms with Crippen molar-refractivity contribution in [2.75, 3.05) is 22.8 Å². The van der Waals surface area contributed by atoms with Gasteiger partial charge in [0.25, 0.3) is 0 Å². The Morgan fingerprint density at radius 2 is 1.62 bits per heavy atom. The molecule has 0 spiro atoms. The Kier molecular flexibility index (Phi) is 8.45. The Morgan fingerprint density at radius 3 is 2.19 bits per heavy atom. The second-order valence-corrected chi connectivity index (χ2v) is 8.99. The number of aromatic nitrogens is 8. The van der Waals surface area contributed by atoms with Gasteiger partial charge in [-0.2, -0.15) is 5.10 Å². The number of hydrogen-bond donors (Lipinski definition) is 4. The van der Waals surface area contributed by atoms with Gasteiger partial charge < -0.3 is 17.0 Å². The molecule has 4 heterocycles. The zero-order chi connectivity index (χ0) is 26.2. The first-order valence-corrected chi connectivity index (χ1v) is 12.3. The summed E-state index contributed by atoms with van der Waals surface area (Å²) in [5, 5.41) is 18.4. The Balaban J connectivity index is 0.000000207. The number of rotatable bonds is 6. The number of carbonyl (C=O) groups excluding carboxylic acids is 1. The molecule has 1 aromatic carbocycles. The molecule has 37 heavy (non-hydrogen) atoms. The fourth-order valence-electron chi connectivity index (χ4n) is 2.93. The lowest BCUT2D eigenvalue weighted by Crippen LogP contribution is -2.16. The lowest BCUT2D eigenvalue weighted by Gasteiger charge is -2.05. The second-order valence-electron chi connectivity index (χ2n) is 7.23. The number of aromatic amines is 1. The smallest absolute Gasteiger partial charge is 0.234 e. The van der Waals surface area contributed by atoms with Crippen molar-refractivity contribution in [3.8, 4) is 22.8 Å². The summed E-state index contributed by atoms with van der Waals surface area (Å²) in [4.78, 5) is 20.0. The third-order valence-electron chi connectivity index (χ3n) is 4.67. The summed E-state index contributed by atoms with van der Waals surface area (Å²) in [6.07, 6.45) is 6.67. The second kappa shape index (κ2) is 12.1. The number of thioether (sulfide) groups is 1. The minimum absolute atomic E-state index is 0.158. The molecule has 0 fully saturated rings. The maximum atomic E-state index is 12.0. The molecule has 15 heteroatoms. The van der Waals surface area contributed by atoms with Gasteiger partial charge in [0, 0.05) is 46.6 Å². The molecule has 0 aliphatic rings. The van der Waals surface area contributed by atoms with Gasteiger partial charge in [-0.25, -0.2) is 14.5 Å². The minimum Gasteiger partial charge on any atom is -0.335 e. The van der Waals surface area contributed by atoms with Crippen molar-refractivity contribution in [2.24, 2.45) is 0 Å². The third kappa shape index (κ3) is 6.69. The highest BCUT2D eigenvalue weighted by Gasteiger charge is 2.14. The van der Waals surface area contributed by atoms with Crippen molar-refractivity contribution in [1.29, 1.82) is 0 Å². The van der Waals surface area contributed by atoms with E-state index in [0.29, 0.717) is 32.3 Å². The van der Waals surface area contributed by atoms with Crippen LogP contribution in [0.5, 0.6) is 0 Å². The maximum absolute atomic E-state index is 12.0. The number of amides is 1. The molecular weight excluding hydrogens is 534 g/mol. The summed E-state index contributed by atoms with van der Waals surface area (Å²) in [5.41, 5.74) is 2.26. The molecule has 0 aliphatic carbocycles. The number of nitrogen functional groups attached to an aromatic ring is 2. The number of anilines is 1. The molecule has 12 nitrogen and oxygen atoms in total. The number of hydrogen-bond acceptors (Lipinski definition) is 10. The van der Waals surface area contributed by atoms with Gasteiger partial charge in [-0.1, -0.05) is 23.4 Å². The van der Waals surface area contributed by atoms with Crippen LogP contribution < -0.4 is 17.0 Å². The van der Waals surface area contributed by atoms with E-state index in [1.165, 1.54) is 21.1 Å². The van der Waals surface area contributed by atoms with Gasteiger partial charge in [0.2, 0.25) is 15.8 Å². The van der Waals surface area contributed by atoms with E-state index in [2.05, 4.69) is 35.7 Å². The number of carbonyl (C=O) groups is 1. The van der Waals surface area contributed by atoms with E-state index >= 15 is 0 Å². The van der Waals surface area contributed by atoms with E-state index < -0.39 is 0 Å². The summed E-state index contributed by atoms with van der Waals surface area (Å²) in [7, 11) is 0. The zero-order valence-electron chi connectivity index (χ0n) is 19.0. The molecule has 0 saturated carbocycles. The zero-order valence-corrected chi connectivity index (χ0v) is 21.4. The normalized spacial score (nSPS) is 10.4. The van der Waals surface area contributed by atoms with Gasteiger partial charge in [0.1, 0.15) is 0 Å². The Morgan fingerprint density at radius 1 is 0.973 bits per heavy atom. The quantitative estimate of drug-likeness (QED) is 0.139. The molecule has 188 valence electrons. The van der Waals surface area contributed by atoms with Crippen LogP contribution in [-0.2, 0) is 4.79 Å². The average molecular weight is 554 g/mol. The van der Waals surface area contributed by atoms with E-state index in [-0.39, 0.29) is 11.7 Å². The number of halogens is 1. The summed E-state index contributed by atoms with van der Waals surface area (Å²) >= 11 is 11.9. The van der Waals surface area contributed by atoms with Gasteiger partial charge in [-0.15, -0.1) is 10.2 Å². The first kappa shape index (κ1) is 25.8. The van der Waals surface area contributed by atoms with Crippen molar-refractivity contribution in [3.63, 3.8) is 0 Å². The molecule has 4 aromatic heterocycles. The average Bonchev–Trinajstić information content (AvgIpc) is 3.46. The molecule has 1 amide bonds. The first-order chi connectivity index (χ1) is 17.9. The summed E-state index contributed by atoms with van der Waals surface area (Å²) in [6, 6.07) is 14.2. The molecule has 0 aliphatic heterocycles. The fraction of sp³-hybridized carbons (Fsp3) is 0.0455. The molecule has 6 N–H and O–H groups in total. The van der Waals surface area contributed by atoms with Gasteiger partial charge in [0.05, 0.1) is 5.75 Å². The minimum atomic E-state index is -0.173.